The molecule has 2 aromatic rings. The van der Waals surface area contributed by atoms with Crippen molar-refractivity contribution in [1.29, 1.82) is 5.26 Å². The first-order chi connectivity index (χ1) is 13.7. The number of aliphatic imine (C=N–C) groups is 1. The highest BCUT2D eigenvalue weighted by atomic mass is 79.9. The maximum absolute atomic E-state index is 13.6. The van der Waals surface area contributed by atoms with Crippen molar-refractivity contribution in [2.75, 3.05) is 0 Å². The summed E-state index contributed by atoms with van der Waals surface area (Å²) in [6, 6.07) is 13.2. The highest BCUT2D eigenvalue weighted by molar-refractivity contribution is 9.10. The van der Waals surface area contributed by atoms with Gasteiger partial charge in [-0.05, 0) is 49.2 Å². The lowest BCUT2D eigenvalue weighted by molar-refractivity contribution is -0.151. The van der Waals surface area contributed by atoms with Crippen LogP contribution in [0.5, 0.6) is 0 Å². The van der Waals surface area contributed by atoms with Crippen molar-refractivity contribution in [3.8, 4) is 6.07 Å². The van der Waals surface area contributed by atoms with Crippen molar-refractivity contribution in [3.63, 3.8) is 0 Å². The number of benzene rings is 2. The van der Waals surface area contributed by atoms with Gasteiger partial charge in [-0.15, -0.1) is 0 Å². The molecule has 0 amide bonds. The summed E-state index contributed by atoms with van der Waals surface area (Å²) in [7, 11) is 0. The molecule has 4 unspecified atom stereocenters. The van der Waals surface area contributed by atoms with Crippen molar-refractivity contribution in [2.24, 2.45) is 16.3 Å². The van der Waals surface area contributed by atoms with Gasteiger partial charge in [-0.3, -0.25) is 9.79 Å². The molecule has 150 valence electrons. The zero-order valence-electron chi connectivity index (χ0n) is 15.9. The summed E-state index contributed by atoms with van der Waals surface area (Å²) in [5, 5.41) is 20.2. The summed E-state index contributed by atoms with van der Waals surface area (Å²) in [4.78, 5) is 16.9. The number of aliphatic carboxylic acids is 1. The summed E-state index contributed by atoms with van der Waals surface area (Å²) in [6.07, 6.45) is 0.418. The number of nitriles is 1. The van der Waals surface area contributed by atoms with Crippen molar-refractivity contribution >= 4 is 39.2 Å². The first-order valence-corrected chi connectivity index (χ1v) is 10.2. The Morgan fingerprint density at radius 3 is 2.55 bits per heavy atom. The van der Waals surface area contributed by atoms with Gasteiger partial charge in [0, 0.05) is 27.5 Å². The summed E-state index contributed by atoms with van der Waals surface area (Å²) < 4.78 is 14.6. The van der Waals surface area contributed by atoms with E-state index in [2.05, 4.69) is 27.0 Å². The topological polar surface area (TPSA) is 73.5 Å². The van der Waals surface area contributed by atoms with E-state index in [9.17, 15) is 19.6 Å². The van der Waals surface area contributed by atoms with Crippen LogP contribution in [-0.2, 0) is 11.2 Å². The number of rotatable bonds is 4. The Labute approximate surface area is 182 Å². The zero-order chi connectivity index (χ0) is 21.3. The summed E-state index contributed by atoms with van der Waals surface area (Å²) in [5.74, 6) is -3.16. The summed E-state index contributed by atoms with van der Waals surface area (Å²) in [5.41, 5.74) is 0.638. The minimum atomic E-state index is -1.37. The standard InChI is InChI=1S/C22H19BrClFN2O2/c1-12-22(2,21(28)29)20(16-8-7-15(25)10-18(16)24)17(11-26)19(27-12)9-13-3-5-14(23)6-4-13/h3-8,10,12,17,20H,9H2,1-2H3,(H,28,29). The number of hydrogen-bond acceptors (Lipinski definition) is 3. The maximum Gasteiger partial charge on any atom is 0.312 e. The number of halogens is 3. The third kappa shape index (κ3) is 3.94. The molecule has 0 spiro atoms. The molecule has 4 nitrogen and oxygen atoms in total. The quantitative estimate of drug-likeness (QED) is 0.619. The second-order valence-corrected chi connectivity index (χ2v) is 8.76. The summed E-state index contributed by atoms with van der Waals surface area (Å²) in [6.45, 7) is 3.31. The van der Waals surface area contributed by atoms with Crippen LogP contribution in [0.3, 0.4) is 0 Å². The normalized spacial score (nSPS) is 26.5. The third-order valence-corrected chi connectivity index (χ3v) is 6.62. The average Bonchev–Trinajstić information content (AvgIpc) is 2.66. The number of hydrogen-bond donors (Lipinski definition) is 1. The Morgan fingerprint density at radius 2 is 2.00 bits per heavy atom. The molecule has 0 bridgehead atoms. The van der Waals surface area contributed by atoms with Crippen LogP contribution in [0.1, 0.15) is 30.9 Å². The molecular weight excluding hydrogens is 459 g/mol. The molecule has 1 aliphatic rings. The van der Waals surface area contributed by atoms with E-state index in [1.807, 2.05) is 24.3 Å². The number of carboxylic acid groups (broad SMARTS) is 1. The van der Waals surface area contributed by atoms with E-state index in [1.54, 1.807) is 13.8 Å². The molecule has 0 radical (unpaired) electrons. The molecule has 3 rings (SSSR count). The molecule has 29 heavy (non-hydrogen) atoms. The van der Waals surface area contributed by atoms with Gasteiger partial charge in [-0.2, -0.15) is 5.26 Å². The van der Waals surface area contributed by atoms with E-state index in [-0.39, 0.29) is 5.02 Å². The highest BCUT2D eigenvalue weighted by Gasteiger charge is 2.54. The van der Waals surface area contributed by atoms with Crippen molar-refractivity contribution in [1.82, 2.24) is 0 Å². The molecule has 0 saturated heterocycles. The van der Waals surface area contributed by atoms with Crippen LogP contribution in [0.2, 0.25) is 5.02 Å². The predicted molar refractivity (Wildman–Crippen MR) is 114 cm³/mol. The average molecular weight is 478 g/mol. The van der Waals surface area contributed by atoms with Gasteiger partial charge in [0.1, 0.15) is 5.82 Å². The Hall–Kier alpha value is -2.23. The SMILES string of the molecule is CC1N=C(Cc2ccc(Br)cc2)C(C#N)C(c2ccc(F)cc2Cl)C1(C)C(=O)O. The molecule has 1 heterocycles. The van der Waals surface area contributed by atoms with Gasteiger partial charge in [-0.1, -0.05) is 45.7 Å². The van der Waals surface area contributed by atoms with E-state index in [1.165, 1.54) is 12.1 Å². The Kier molecular flexibility index (Phi) is 6.11. The molecule has 2 aromatic carbocycles. The lowest BCUT2D eigenvalue weighted by Crippen LogP contribution is -2.50. The lowest BCUT2D eigenvalue weighted by Gasteiger charge is -2.44. The van der Waals surface area contributed by atoms with Gasteiger partial charge < -0.3 is 5.11 Å². The van der Waals surface area contributed by atoms with Crippen LogP contribution < -0.4 is 0 Å². The minimum Gasteiger partial charge on any atom is -0.481 e. The first kappa shape index (κ1) is 21.5. The molecular formula is C22H19BrClFN2O2. The second kappa shape index (κ2) is 8.25. The van der Waals surface area contributed by atoms with Crippen LogP contribution >= 0.6 is 27.5 Å². The Bertz CT molecular complexity index is 1020. The first-order valence-electron chi connectivity index (χ1n) is 9.07. The third-order valence-electron chi connectivity index (χ3n) is 5.76. The second-order valence-electron chi connectivity index (χ2n) is 7.44. The minimum absolute atomic E-state index is 0.111. The molecule has 0 aliphatic carbocycles. The van der Waals surface area contributed by atoms with Gasteiger partial charge in [0.05, 0.1) is 23.4 Å². The Balaban J connectivity index is 2.14. The highest BCUT2D eigenvalue weighted by Crippen LogP contribution is 2.50. The molecule has 0 fully saturated rings. The van der Waals surface area contributed by atoms with Crippen LogP contribution in [0.25, 0.3) is 0 Å². The van der Waals surface area contributed by atoms with Crippen molar-refractivity contribution in [3.05, 3.63) is 68.9 Å². The number of nitrogens with zero attached hydrogens (tertiary/aromatic N) is 2. The molecule has 1 aliphatic heterocycles. The zero-order valence-corrected chi connectivity index (χ0v) is 18.2. The molecule has 0 aromatic heterocycles. The van der Waals surface area contributed by atoms with Crippen LogP contribution in [0.15, 0.2) is 51.9 Å². The van der Waals surface area contributed by atoms with Crippen molar-refractivity contribution in [2.45, 2.75) is 32.2 Å². The van der Waals surface area contributed by atoms with Crippen LogP contribution in [0.4, 0.5) is 4.39 Å². The fraction of sp³-hybridized carbons (Fsp3) is 0.318. The monoisotopic (exact) mass is 476 g/mol. The van der Waals surface area contributed by atoms with Gasteiger partial charge in [0.25, 0.3) is 0 Å². The summed E-state index contributed by atoms with van der Waals surface area (Å²) >= 11 is 9.70. The molecule has 4 atom stereocenters. The number of carboxylic acids is 1. The van der Waals surface area contributed by atoms with Crippen LogP contribution in [0, 0.1) is 28.5 Å². The van der Waals surface area contributed by atoms with E-state index >= 15 is 0 Å². The van der Waals surface area contributed by atoms with E-state index < -0.39 is 35.1 Å². The van der Waals surface area contributed by atoms with E-state index in [0.29, 0.717) is 17.7 Å². The van der Waals surface area contributed by atoms with Gasteiger partial charge in [-0.25, -0.2) is 4.39 Å². The maximum atomic E-state index is 13.6. The smallest absolute Gasteiger partial charge is 0.312 e. The fourth-order valence-electron chi connectivity index (χ4n) is 3.95. The van der Waals surface area contributed by atoms with E-state index in [0.717, 1.165) is 16.1 Å². The van der Waals surface area contributed by atoms with Crippen molar-refractivity contribution < 1.29 is 14.3 Å². The molecule has 0 saturated carbocycles. The predicted octanol–water partition coefficient (Wildman–Crippen LogP) is 5.64. The molecule has 7 heteroatoms. The molecule has 1 N–H and O–H groups in total. The number of carbonyl (C=O) groups is 1. The van der Waals surface area contributed by atoms with Crippen LogP contribution in [-0.4, -0.2) is 22.8 Å². The fourth-order valence-corrected chi connectivity index (χ4v) is 4.49. The van der Waals surface area contributed by atoms with Gasteiger partial charge in [0.2, 0.25) is 0 Å². The Morgan fingerprint density at radius 1 is 1.34 bits per heavy atom. The van der Waals surface area contributed by atoms with E-state index in [4.69, 9.17) is 11.6 Å². The largest absolute Gasteiger partial charge is 0.481 e. The van der Waals surface area contributed by atoms with Gasteiger partial charge >= 0.3 is 5.97 Å². The lowest BCUT2D eigenvalue weighted by atomic mass is 9.61. The van der Waals surface area contributed by atoms with Gasteiger partial charge in [0.15, 0.2) is 0 Å².